The van der Waals surface area contributed by atoms with Crippen LogP contribution >= 0.6 is 7.14 Å². The molecule has 10 heteroatoms. The van der Waals surface area contributed by atoms with Crippen LogP contribution in [-0.2, 0) is 17.5 Å². The van der Waals surface area contributed by atoms with E-state index in [4.69, 9.17) is 4.98 Å². The molecular formula is C24H26N7O2P. The van der Waals surface area contributed by atoms with Gasteiger partial charge in [-0.25, -0.2) is 14.3 Å². The van der Waals surface area contributed by atoms with Gasteiger partial charge in [-0.3, -0.25) is 9.78 Å². The molecule has 0 spiro atoms. The van der Waals surface area contributed by atoms with Crippen LogP contribution in [0.3, 0.4) is 0 Å². The van der Waals surface area contributed by atoms with E-state index in [9.17, 15) is 9.36 Å². The van der Waals surface area contributed by atoms with Crippen molar-refractivity contribution in [1.82, 2.24) is 29.6 Å². The van der Waals surface area contributed by atoms with Gasteiger partial charge in [0.05, 0.1) is 11.7 Å². The van der Waals surface area contributed by atoms with Gasteiger partial charge in [0, 0.05) is 24.6 Å². The molecule has 34 heavy (non-hydrogen) atoms. The Morgan fingerprint density at radius 1 is 1.12 bits per heavy atom. The van der Waals surface area contributed by atoms with Crippen LogP contribution in [-0.4, -0.2) is 44.2 Å². The molecule has 6 rings (SSSR count). The quantitative estimate of drug-likeness (QED) is 0.428. The summed E-state index contributed by atoms with van der Waals surface area (Å²) in [7, 11) is -2.57. The average Bonchev–Trinajstić information content (AvgIpc) is 3.62. The Morgan fingerprint density at radius 2 is 1.97 bits per heavy atom. The largest absolute Gasteiger partial charge is 0.324 e. The van der Waals surface area contributed by atoms with Gasteiger partial charge in [0.15, 0.2) is 5.65 Å². The number of nitrogens with one attached hydrogen (secondary N) is 2. The third-order valence-electron chi connectivity index (χ3n) is 6.39. The van der Waals surface area contributed by atoms with Crippen LogP contribution in [0.4, 0.5) is 11.6 Å². The fraction of sp³-hybridized carbons (Fsp3) is 0.333. The summed E-state index contributed by atoms with van der Waals surface area (Å²) in [4.78, 5) is 26.8. The fourth-order valence-electron chi connectivity index (χ4n) is 4.48. The van der Waals surface area contributed by atoms with Gasteiger partial charge in [-0.05, 0) is 74.5 Å². The van der Waals surface area contributed by atoms with Crippen molar-refractivity contribution in [1.29, 1.82) is 0 Å². The lowest BCUT2D eigenvalue weighted by Crippen LogP contribution is -2.23. The number of pyridine rings is 1. The van der Waals surface area contributed by atoms with Crippen molar-refractivity contribution in [2.45, 2.75) is 31.8 Å². The lowest BCUT2D eigenvalue weighted by molar-refractivity contribution is 0.560. The molecule has 0 unspecified atom stereocenters. The number of anilines is 2. The minimum atomic E-state index is -2.57. The summed E-state index contributed by atoms with van der Waals surface area (Å²) in [6.45, 7) is 5.23. The van der Waals surface area contributed by atoms with Crippen LogP contribution in [0.15, 0.2) is 47.5 Å². The van der Waals surface area contributed by atoms with Gasteiger partial charge < -0.3 is 15.2 Å². The summed E-state index contributed by atoms with van der Waals surface area (Å²) < 4.78 is 16.3. The van der Waals surface area contributed by atoms with Gasteiger partial charge in [-0.1, -0.05) is 6.07 Å². The number of hydrogen-bond donors (Lipinski definition) is 2. The van der Waals surface area contributed by atoms with E-state index in [0.29, 0.717) is 22.4 Å². The zero-order valence-electron chi connectivity index (χ0n) is 19.2. The molecule has 9 nitrogen and oxygen atoms in total. The molecule has 1 saturated carbocycles. The van der Waals surface area contributed by atoms with E-state index >= 15 is 0 Å². The van der Waals surface area contributed by atoms with Gasteiger partial charge in [0.2, 0.25) is 5.95 Å². The summed E-state index contributed by atoms with van der Waals surface area (Å²) in [5.74, 6) is 0.420. The zero-order valence-corrected chi connectivity index (χ0v) is 20.0. The monoisotopic (exact) mass is 475 g/mol. The molecule has 1 aliphatic carbocycles. The molecule has 0 radical (unpaired) electrons. The van der Waals surface area contributed by atoms with Crippen LogP contribution in [0, 0.1) is 0 Å². The highest BCUT2D eigenvalue weighted by Gasteiger charge is 2.31. The van der Waals surface area contributed by atoms with Gasteiger partial charge in [-0.2, -0.15) is 4.98 Å². The van der Waals surface area contributed by atoms with E-state index in [1.165, 1.54) is 11.1 Å². The highest BCUT2D eigenvalue weighted by molar-refractivity contribution is 7.69. The molecule has 2 N–H and O–H groups in total. The first-order chi connectivity index (χ1) is 16.4. The third kappa shape index (κ3) is 3.75. The molecule has 0 amide bonds. The van der Waals surface area contributed by atoms with Crippen LogP contribution in [0.5, 0.6) is 0 Å². The fourth-order valence-corrected chi connectivity index (χ4v) is 5.27. The zero-order chi connectivity index (χ0) is 23.4. The second kappa shape index (κ2) is 7.89. The molecule has 4 aromatic rings. The lowest BCUT2D eigenvalue weighted by Gasteiger charge is -2.18. The molecule has 0 bridgehead atoms. The maximum absolute atomic E-state index is 13.3. The predicted molar refractivity (Wildman–Crippen MR) is 133 cm³/mol. The molecule has 3 aromatic heterocycles. The molecule has 0 saturated heterocycles. The van der Waals surface area contributed by atoms with Crippen molar-refractivity contribution < 1.29 is 4.57 Å². The number of aromatic nitrogens is 5. The second-order valence-electron chi connectivity index (χ2n) is 9.38. The molecule has 4 heterocycles. The Bertz CT molecular complexity index is 1530. The summed E-state index contributed by atoms with van der Waals surface area (Å²) in [5, 5.41) is 7.16. The lowest BCUT2D eigenvalue weighted by atomic mass is 10.0. The number of fused-ring (bicyclic) bond motifs is 2. The van der Waals surface area contributed by atoms with Gasteiger partial charge >= 0.3 is 0 Å². The number of hydrogen-bond acceptors (Lipinski definition) is 7. The second-order valence-corrected chi connectivity index (χ2v) is 12.5. The number of benzene rings is 1. The van der Waals surface area contributed by atoms with Crippen molar-refractivity contribution in [3.8, 4) is 5.69 Å². The molecule has 2 aliphatic rings. The van der Waals surface area contributed by atoms with Crippen molar-refractivity contribution in [2.75, 3.05) is 25.2 Å². The first-order valence-corrected chi connectivity index (χ1v) is 14.1. The van der Waals surface area contributed by atoms with E-state index in [1.54, 1.807) is 36.5 Å². The Balaban J connectivity index is 1.47. The van der Waals surface area contributed by atoms with Crippen LogP contribution in [0.2, 0.25) is 0 Å². The third-order valence-corrected chi connectivity index (χ3v) is 7.74. The molecule has 1 aliphatic heterocycles. The van der Waals surface area contributed by atoms with E-state index in [0.717, 1.165) is 43.7 Å². The topological polar surface area (TPSA) is 107 Å². The Labute approximate surface area is 196 Å². The van der Waals surface area contributed by atoms with E-state index in [2.05, 4.69) is 32.7 Å². The van der Waals surface area contributed by atoms with Crippen LogP contribution in [0.25, 0.3) is 16.7 Å². The summed E-state index contributed by atoms with van der Waals surface area (Å²) in [6, 6.07) is 10.0. The van der Waals surface area contributed by atoms with Crippen molar-refractivity contribution in [3.63, 3.8) is 0 Å². The smallest absolute Gasteiger partial charge is 0.278 e. The Kier molecular flexibility index (Phi) is 4.93. The van der Waals surface area contributed by atoms with Crippen molar-refractivity contribution in [3.05, 3.63) is 64.2 Å². The summed E-state index contributed by atoms with van der Waals surface area (Å²) >= 11 is 0. The van der Waals surface area contributed by atoms with Crippen molar-refractivity contribution in [2.24, 2.45) is 0 Å². The van der Waals surface area contributed by atoms with Crippen molar-refractivity contribution >= 4 is 35.2 Å². The van der Waals surface area contributed by atoms with Crippen LogP contribution in [0.1, 0.15) is 30.0 Å². The SMILES string of the molecule is CP(C)(=O)c1cc(-n2c3nc(Nc4ccc5c(c4)CNCC5)ncc3c(=O)n2C2CC2)ccn1. The summed E-state index contributed by atoms with van der Waals surface area (Å²) in [5.41, 5.74) is 5.18. The maximum atomic E-state index is 13.3. The maximum Gasteiger partial charge on any atom is 0.278 e. The Hall–Kier alpha value is -3.29. The minimum absolute atomic E-state index is 0.113. The molecule has 174 valence electrons. The van der Waals surface area contributed by atoms with Gasteiger partial charge in [-0.15, -0.1) is 0 Å². The van der Waals surface area contributed by atoms with Crippen LogP contribution < -0.4 is 21.6 Å². The van der Waals surface area contributed by atoms with E-state index < -0.39 is 7.14 Å². The Morgan fingerprint density at radius 3 is 2.76 bits per heavy atom. The van der Waals surface area contributed by atoms with Gasteiger partial charge in [0.25, 0.3) is 5.56 Å². The highest BCUT2D eigenvalue weighted by atomic mass is 31.2. The average molecular weight is 475 g/mol. The first kappa shape index (κ1) is 21.3. The standard InChI is InChI=1S/C24H26N7O2P/c1-34(2,33)21-12-19(8-10-26-21)30-22-20(23(32)31(30)18-5-6-18)14-27-24(29-22)28-17-4-3-15-7-9-25-13-16(15)11-17/h3-4,8,10-12,14,18,25H,5-7,9,13H2,1-2H3,(H,27,28,29). The summed E-state index contributed by atoms with van der Waals surface area (Å²) in [6.07, 6.45) is 6.13. The normalized spacial score (nSPS) is 15.9. The molecule has 1 aromatic carbocycles. The van der Waals surface area contributed by atoms with Gasteiger partial charge in [0.1, 0.15) is 18.0 Å². The van der Waals surface area contributed by atoms with E-state index in [-0.39, 0.29) is 11.6 Å². The number of rotatable bonds is 5. The first-order valence-electron chi connectivity index (χ1n) is 11.5. The number of nitrogens with zero attached hydrogens (tertiary/aromatic N) is 5. The minimum Gasteiger partial charge on any atom is -0.324 e. The van der Waals surface area contributed by atoms with E-state index in [1.807, 2.05) is 16.8 Å². The molecule has 1 fully saturated rings. The highest BCUT2D eigenvalue weighted by Crippen LogP contribution is 2.37. The predicted octanol–water partition coefficient (Wildman–Crippen LogP) is 2.95. The molecular weight excluding hydrogens is 449 g/mol. The molecule has 0 atom stereocenters.